The molecule has 0 aromatic heterocycles. The minimum Gasteiger partial charge on any atom is -0.352 e. The molecule has 2 amide bonds. The molecule has 0 unspecified atom stereocenters. The molecule has 36 heavy (non-hydrogen) atoms. The number of nitrogens with zero attached hydrogens (tertiary/aromatic N) is 2. The zero-order chi connectivity index (χ0) is 26.5. The molecular weight excluding hydrogens is 505 g/mol. The van der Waals surface area contributed by atoms with Crippen molar-refractivity contribution < 1.29 is 22.4 Å². The third kappa shape index (κ3) is 6.97. The fourth-order valence-electron chi connectivity index (χ4n) is 4.53. The second kappa shape index (κ2) is 12.1. The van der Waals surface area contributed by atoms with Crippen LogP contribution in [0, 0.1) is 12.7 Å². The van der Waals surface area contributed by atoms with E-state index in [9.17, 15) is 22.4 Å². The molecule has 10 heteroatoms. The van der Waals surface area contributed by atoms with Crippen LogP contribution in [0.3, 0.4) is 0 Å². The van der Waals surface area contributed by atoms with Crippen LogP contribution in [0.4, 0.5) is 10.1 Å². The molecular formula is C26H33ClFN3O4S. The van der Waals surface area contributed by atoms with Crippen LogP contribution < -0.4 is 9.62 Å². The summed E-state index contributed by atoms with van der Waals surface area (Å²) in [5, 5.41) is 3.42. The van der Waals surface area contributed by atoms with Gasteiger partial charge >= 0.3 is 0 Å². The molecule has 1 saturated carbocycles. The van der Waals surface area contributed by atoms with Gasteiger partial charge in [0.1, 0.15) is 18.4 Å². The number of sulfonamides is 1. The topological polar surface area (TPSA) is 86.8 Å². The smallest absolute Gasteiger partial charge is 0.244 e. The molecule has 0 radical (unpaired) electrons. The highest BCUT2D eigenvalue weighted by Crippen LogP contribution is 2.28. The SMILES string of the molecule is CC[C@H](C(=O)NC1CCCC1)N(Cc1ccc(F)cc1)C(=O)CN(c1cccc(Cl)c1C)S(C)(=O)=O. The number of anilines is 1. The Morgan fingerprint density at radius 1 is 1.14 bits per heavy atom. The number of carbonyl (C=O) groups is 2. The van der Waals surface area contributed by atoms with E-state index in [1.54, 1.807) is 44.2 Å². The lowest BCUT2D eigenvalue weighted by atomic mass is 10.1. The molecule has 2 aromatic rings. The average molecular weight is 538 g/mol. The van der Waals surface area contributed by atoms with E-state index >= 15 is 0 Å². The molecule has 1 fully saturated rings. The van der Waals surface area contributed by atoms with Crippen molar-refractivity contribution in [2.45, 2.75) is 64.6 Å². The Morgan fingerprint density at radius 3 is 2.36 bits per heavy atom. The predicted molar refractivity (Wildman–Crippen MR) is 140 cm³/mol. The average Bonchev–Trinajstić information content (AvgIpc) is 3.33. The van der Waals surface area contributed by atoms with E-state index in [1.807, 2.05) is 0 Å². The second-order valence-electron chi connectivity index (χ2n) is 9.22. The molecule has 7 nitrogen and oxygen atoms in total. The van der Waals surface area contributed by atoms with E-state index in [-0.39, 0.29) is 18.5 Å². The molecule has 1 aliphatic carbocycles. The third-order valence-corrected chi connectivity index (χ3v) is 8.08. The normalized spacial score (nSPS) is 14.9. The second-order valence-corrected chi connectivity index (χ2v) is 11.5. The summed E-state index contributed by atoms with van der Waals surface area (Å²) in [4.78, 5) is 28.4. The highest BCUT2D eigenvalue weighted by molar-refractivity contribution is 7.92. The first kappa shape index (κ1) is 27.9. The lowest BCUT2D eigenvalue weighted by Crippen LogP contribution is -2.53. The van der Waals surface area contributed by atoms with Gasteiger partial charge in [0.15, 0.2) is 0 Å². The molecule has 2 aromatic carbocycles. The van der Waals surface area contributed by atoms with Crippen molar-refractivity contribution in [1.29, 1.82) is 0 Å². The fourth-order valence-corrected chi connectivity index (χ4v) is 5.60. The molecule has 1 atom stereocenters. The maximum absolute atomic E-state index is 13.7. The highest BCUT2D eigenvalue weighted by Gasteiger charge is 2.33. The first-order chi connectivity index (χ1) is 17.0. The Bertz CT molecular complexity index is 1180. The summed E-state index contributed by atoms with van der Waals surface area (Å²) in [5.74, 6) is -1.23. The Morgan fingerprint density at radius 2 is 1.78 bits per heavy atom. The van der Waals surface area contributed by atoms with E-state index in [4.69, 9.17) is 11.6 Å². The Balaban J connectivity index is 1.94. The number of rotatable bonds is 10. The first-order valence-electron chi connectivity index (χ1n) is 12.1. The Kier molecular flexibility index (Phi) is 9.35. The van der Waals surface area contributed by atoms with Gasteiger partial charge in [-0.2, -0.15) is 0 Å². The van der Waals surface area contributed by atoms with Crippen molar-refractivity contribution in [2.75, 3.05) is 17.1 Å². The van der Waals surface area contributed by atoms with Gasteiger partial charge in [-0.1, -0.05) is 49.6 Å². The van der Waals surface area contributed by atoms with Gasteiger partial charge in [-0.05, 0) is 61.6 Å². The summed E-state index contributed by atoms with van der Waals surface area (Å²) >= 11 is 6.22. The molecule has 1 aliphatic rings. The summed E-state index contributed by atoms with van der Waals surface area (Å²) in [5.41, 5.74) is 1.44. The zero-order valence-corrected chi connectivity index (χ0v) is 22.4. The maximum Gasteiger partial charge on any atom is 0.244 e. The Labute approximate surface area is 217 Å². The fraction of sp³-hybridized carbons (Fsp3) is 0.462. The van der Waals surface area contributed by atoms with Crippen LogP contribution in [0.15, 0.2) is 42.5 Å². The van der Waals surface area contributed by atoms with Crippen molar-refractivity contribution in [3.63, 3.8) is 0 Å². The highest BCUT2D eigenvalue weighted by atomic mass is 35.5. The van der Waals surface area contributed by atoms with Crippen LogP contribution in [0.25, 0.3) is 0 Å². The molecule has 0 heterocycles. The van der Waals surface area contributed by atoms with E-state index < -0.39 is 34.3 Å². The molecule has 0 bridgehead atoms. The summed E-state index contributed by atoms with van der Waals surface area (Å²) < 4.78 is 40.0. The summed E-state index contributed by atoms with van der Waals surface area (Å²) in [7, 11) is -3.86. The minimum atomic E-state index is -3.86. The number of hydrogen-bond donors (Lipinski definition) is 1. The van der Waals surface area contributed by atoms with Gasteiger partial charge in [0.2, 0.25) is 21.8 Å². The number of halogens is 2. The van der Waals surface area contributed by atoms with E-state index in [0.29, 0.717) is 28.3 Å². The van der Waals surface area contributed by atoms with Gasteiger partial charge in [-0.15, -0.1) is 0 Å². The molecule has 3 rings (SSSR count). The lowest BCUT2D eigenvalue weighted by Gasteiger charge is -2.33. The molecule has 196 valence electrons. The molecule has 0 aliphatic heterocycles. The number of nitrogens with one attached hydrogen (secondary N) is 1. The zero-order valence-electron chi connectivity index (χ0n) is 20.8. The van der Waals surface area contributed by atoms with Crippen LogP contribution in [0.2, 0.25) is 5.02 Å². The monoisotopic (exact) mass is 537 g/mol. The molecule has 0 saturated heterocycles. The van der Waals surface area contributed by atoms with Gasteiger partial charge in [-0.25, -0.2) is 12.8 Å². The van der Waals surface area contributed by atoms with E-state index in [2.05, 4.69) is 5.32 Å². The number of hydrogen-bond acceptors (Lipinski definition) is 4. The van der Waals surface area contributed by atoms with Crippen LogP contribution in [0.5, 0.6) is 0 Å². The minimum absolute atomic E-state index is 0.0296. The van der Waals surface area contributed by atoms with E-state index in [0.717, 1.165) is 36.2 Å². The van der Waals surface area contributed by atoms with Crippen LogP contribution in [0.1, 0.15) is 50.2 Å². The van der Waals surface area contributed by atoms with Crippen molar-refractivity contribution in [3.8, 4) is 0 Å². The summed E-state index contributed by atoms with van der Waals surface area (Å²) in [6, 6.07) is 9.77. The lowest BCUT2D eigenvalue weighted by molar-refractivity contribution is -0.140. The van der Waals surface area contributed by atoms with Gasteiger partial charge in [0.25, 0.3) is 0 Å². The number of amides is 2. The Hall–Kier alpha value is -2.65. The van der Waals surface area contributed by atoms with Crippen molar-refractivity contribution in [3.05, 3.63) is 64.4 Å². The summed E-state index contributed by atoms with van der Waals surface area (Å²) in [6.07, 6.45) is 5.23. The van der Waals surface area contributed by atoms with Gasteiger partial charge in [0.05, 0.1) is 11.9 Å². The van der Waals surface area contributed by atoms with Gasteiger partial charge in [-0.3, -0.25) is 13.9 Å². The van der Waals surface area contributed by atoms with E-state index in [1.165, 1.54) is 17.0 Å². The third-order valence-electron chi connectivity index (χ3n) is 6.54. The van der Waals surface area contributed by atoms with Crippen LogP contribution in [-0.2, 0) is 26.2 Å². The van der Waals surface area contributed by atoms with Crippen molar-refractivity contribution in [2.24, 2.45) is 0 Å². The standard InChI is InChI=1S/C26H33ClFN3O4S/c1-4-23(26(33)29-21-8-5-6-9-21)30(16-19-12-14-20(28)15-13-19)25(32)17-31(36(3,34)35)24-11-7-10-22(27)18(24)2/h7,10-15,21,23H,4-6,8-9,16-17H2,1-3H3,(H,29,33)/t23-/m1/s1. The predicted octanol–water partition coefficient (Wildman–Crippen LogP) is 4.42. The van der Waals surface area contributed by atoms with Crippen molar-refractivity contribution >= 4 is 39.1 Å². The first-order valence-corrected chi connectivity index (χ1v) is 14.3. The number of carbonyl (C=O) groups excluding carboxylic acids is 2. The van der Waals surface area contributed by atoms with Crippen molar-refractivity contribution in [1.82, 2.24) is 10.2 Å². The number of benzene rings is 2. The maximum atomic E-state index is 13.7. The largest absolute Gasteiger partial charge is 0.352 e. The van der Waals surface area contributed by atoms with Crippen LogP contribution in [-0.4, -0.2) is 50.0 Å². The quantitative estimate of drug-likeness (QED) is 0.486. The summed E-state index contributed by atoms with van der Waals surface area (Å²) in [6.45, 7) is 3.01. The van der Waals surface area contributed by atoms with Gasteiger partial charge in [0, 0.05) is 17.6 Å². The molecule has 0 spiro atoms. The van der Waals surface area contributed by atoms with Crippen LogP contribution >= 0.6 is 11.6 Å². The van der Waals surface area contributed by atoms with Gasteiger partial charge < -0.3 is 10.2 Å². The molecule has 1 N–H and O–H groups in total.